The monoisotopic (exact) mass is 386 g/mol. The van der Waals surface area contributed by atoms with Gasteiger partial charge in [-0.1, -0.05) is 23.7 Å². The molecule has 2 aromatic carbocycles. The molecule has 27 heavy (non-hydrogen) atoms. The highest BCUT2D eigenvalue weighted by Gasteiger charge is 2.17. The molecule has 0 fully saturated rings. The minimum Gasteiger partial charge on any atom is -0.495 e. The van der Waals surface area contributed by atoms with Gasteiger partial charge in [0.2, 0.25) is 0 Å². The Balaban J connectivity index is 1.85. The van der Waals surface area contributed by atoms with Crippen LogP contribution in [0.5, 0.6) is 5.75 Å². The van der Waals surface area contributed by atoms with Crippen molar-refractivity contribution in [3.8, 4) is 5.75 Å². The second-order valence-corrected chi connectivity index (χ2v) is 6.45. The summed E-state index contributed by atoms with van der Waals surface area (Å²) >= 11 is 6.01. The first kappa shape index (κ1) is 18.7. The number of halogens is 1. The summed E-state index contributed by atoms with van der Waals surface area (Å²) in [7, 11) is 3.15. The van der Waals surface area contributed by atoms with Crippen LogP contribution in [0.25, 0.3) is 10.9 Å². The normalized spacial score (nSPS) is 11.9. The van der Waals surface area contributed by atoms with Crippen molar-refractivity contribution in [1.82, 2.24) is 14.9 Å². The third kappa shape index (κ3) is 3.88. The zero-order valence-corrected chi connectivity index (χ0v) is 15.9. The molecule has 1 heterocycles. The number of ether oxygens (including phenoxy) is 1. The highest BCUT2D eigenvalue weighted by molar-refractivity contribution is 6.31. The topological polar surface area (TPSA) is 85.2 Å². The smallest absolute Gasteiger partial charge is 0.319 e. The van der Waals surface area contributed by atoms with Crippen molar-refractivity contribution in [2.24, 2.45) is 7.05 Å². The van der Waals surface area contributed by atoms with Gasteiger partial charge in [0.1, 0.15) is 11.6 Å². The summed E-state index contributed by atoms with van der Waals surface area (Å²) in [5.41, 5.74) is 0.821. The zero-order valence-electron chi connectivity index (χ0n) is 15.1. The van der Waals surface area contributed by atoms with Crippen LogP contribution in [-0.4, -0.2) is 22.7 Å². The fourth-order valence-corrected chi connectivity index (χ4v) is 2.98. The predicted molar refractivity (Wildman–Crippen MR) is 106 cm³/mol. The summed E-state index contributed by atoms with van der Waals surface area (Å²) < 4.78 is 6.64. The molecule has 3 aromatic rings. The maximum atomic E-state index is 12.6. The van der Waals surface area contributed by atoms with Crippen molar-refractivity contribution in [2.75, 3.05) is 12.4 Å². The Hall–Kier alpha value is -3.06. The fraction of sp³-hybridized carbons (Fsp3) is 0.211. The van der Waals surface area contributed by atoms with Gasteiger partial charge in [-0.25, -0.2) is 9.78 Å². The van der Waals surface area contributed by atoms with Crippen molar-refractivity contribution >= 4 is 34.2 Å². The molecule has 1 atom stereocenters. The van der Waals surface area contributed by atoms with Crippen LogP contribution in [0.3, 0.4) is 0 Å². The lowest BCUT2D eigenvalue weighted by molar-refractivity contribution is 0.248. The minimum absolute atomic E-state index is 0.203. The largest absolute Gasteiger partial charge is 0.495 e. The number of methoxy groups -OCH3 is 1. The quantitative estimate of drug-likeness (QED) is 0.718. The van der Waals surface area contributed by atoms with Crippen molar-refractivity contribution in [3.05, 3.63) is 63.7 Å². The van der Waals surface area contributed by atoms with Crippen molar-refractivity contribution in [2.45, 2.75) is 13.0 Å². The number of nitrogens with zero attached hydrogens (tertiary/aromatic N) is 2. The van der Waals surface area contributed by atoms with Gasteiger partial charge in [-0.2, -0.15) is 0 Å². The van der Waals surface area contributed by atoms with E-state index in [1.807, 2.05) is 6.07 Å². The number of hydrogen-bond donors (Lipinski definition) is 2. The molecule has 140 valence electrons. The summed E-state index contributed by atoms with van der Waals surface area (Å²) in [5.74, 6) is 0.969. The van der Waals surface area contributed by atoms with Crippen LogP contribution < -0.4 is 20.9 Å². The number of para-hydroxylation sites is 2. The Morgan fingerprint density at radius 2 is 2.00 bits per heavy atom. The third-order valence-corrected chi connectivity index (χ3v) is 4.40. The first-order valence-electron chi connectivity index (χ1n) is 8.27. The van der Waals surface area contributed by atoms with Gasteiger partial charge >= 0.3 is 6.03 Å². The maximum Gasteiger partial charge on any atom is 0.319 e. The Morgan fingerprint density at radius 3 is 2.74 bits per heavy atom. The van der Waals surface area contributed by atoms with Crippen molar-refractivity contribution < 1.29 is 9.53 Å². The van der Waals surface area contributed by atoms with Crippen LogP contribution in [0.1, 0.15) is 18.8 Å². The molecular weight excluding hydrogens is 368 g/mol. The van der Waals surface area contributed by atoms with E-state index in [0.717, 1.165) is 0 Å². The summed E-state index contributed by atoms with van der Waals surface area (Å²) in [6.07, 6.45) is 0. The molecule has 0 aliphatic carbocycles. The van der Waals surface area contributed by atoms with Crippen LogP contribution in [0, 0.1) is 0 Å². The fourth-order valence-electron chi connectivity index (χ4n) is 2.82. The number of aromatic nitrogens is 2. The van der Waals surface area contributed by atoms with E-state index in [-0.39, 0.29) is 5.56 Å². The molecule has 0 bridgehead atoms. The summed E-state index contributed by atoms with van der Waals surface area (Å²) in [6, 6.07) is 11.0. The second-order valence-electron chi connectivity index (χ2n) is 6.02. The summed E-state index contributed by atoms with van der Waals surface area (Å²) in [4.78, 5) is 29.4. The van der Waals surface area contributed by atoms with E-state index < -0.39 is 12.1 Å². The number of hydrogen-bond acceptors (Lipinski definition) is 4. The Kier molecular flexibility index (Phi) is 5.32. The van der Waals surface area contributed by atoms with Crippen molar-refractivity contribution in [3.63, 3.8) is 0 Å². The van der Waals surface area contributed by atoms with E-state index in [2.05, 4.69) is 15.6 Å². The lowest BCUT2D eigenvalue weighted by atomic mass is 10.2. The summed E-state index contributed by atoms with van der Waals surface area (Å²) in [5, 5.41) is 6.47. The molecule has 2 N–H and O–H groups in total. The number of carbonyl (C=O) groups is 1. The molecule has 2 amide bonds. The number of rotatable bonds is 4. The number of amides is 2. The van der Waals surface area contributed by atoms with Gasteiger partial charge in [0, 0.05) is 12.1 Å². The van der Waals surface area contributed by atoms with Gasteiger partial charge in [-0.05, 0) is 37.3 Å². The SMILES string of the molecule is COc1ccccc1NC(=O)NC(C)c1nc2cc(Cl)ccc2c(=O)n1C. The first-order chi connectivity index (χ1) is 12.9. The van der Waals surface area contributed by atoms with Crippen LogP contribution in [-0.2, 0) is 7.05 Å². The van der Waals surface area contributed by atoms with E-state index in [4.69, 9.17) is 16.3 Å². The Morgan fingerprint density at radius 1 is 1.26 bits per heavy atom. The van der Waals surface area contributed by atoms with E-state index >= 15 is 0 Å². The van der Waals surface area contributed by atoms with Gasteiger partial charge in [0.05, 0.1) is 29.7 Å². The van der Waals surface area contributed by atoms with Crippen LogP contribution >= 0.6 is 11.6 Å². The molecule has 1 aromatic heterocycles. The van der Waals surface area contributed by atoms with E-state index in [1.54, 1.807) is 50.4 Å². The lowest BCUT2D eigenvalue weighted by Crippen LogP contribution is -2.35. The van der Waals surface area contributed by atoms with Crippen LogP contribution in [0.2, 0.25) is 5.02 Å². The van der Waals surface area contributed by atoms with Crippen LogP contribution in [0.15, 0.2) is 47.3 Å². The maximum absolute atomic E-state index is 12.6. The molecule has 0 aliphatic heterocycles. The number of carbonyl (C=O) groups excluding carboxylic acids is 1. The second kappa shape index (κ2) is 7.67. The Bertz CT molecular complexity index is 1060. The van der Waals surface area contributed by atoms with Crippen LogP contribution in [0.4, 0.5) is 10.5 Å². The first-order valence-corrected chi connectivity index (χ1v) is 8.65. The van der Waals surface area contributed by atoms with Gasteiger partial charge in [-0.3, -0.25) is 9.36 Å². The number of fused-ring (bicyclic) bond motifs is 1. The molecule has 3 rings (SSSR count). The van der Waals surface area contributed by atoms with E-state index in [0.29, 0.717) is 33.2 Å². The molecule has 8 heteroatoms. The number of nitrogens with one attached hydrogen (secondary N) is 2. The highest BCUT2D eigenvalue weighted by atomic mass is 35.5. The molecule has 0 radical (unpaired) electrons. The standard InChI is InChI=1S/C19H19ClN4O3/c1-11(21-19(26)23-14-6-4-5-7-16(14)27-3)17-22-15-10-12(20)8-9-13(15)18(25)24(17)2/h4-11H,1-3H3,(H2,21,23,26). The molecular formula is C19H19ClN4O3. The number of anilines is 1. The molecule has 0 aliphatic rings. The highest BCUT2D eigenvalue weighted by Crippen LogP contribution is 2.23. The minimum atomic E-state index is -0.513. The number of urea groups is 1. The van der Waals surface area contributed by atoms with Gasteiger partial charge < -0.3 is 15.4 Å². The van der Waals surface area contributed by atoms with Gasteiger partial charge in [-0.15, -0.1) is 0 Å². The third-order valence-electron chi connectivity index (χ3n) is 4.16. The van der Waals surface area contributed by atoms with Gasteiger partial charge in [0.25, 0.3) is 5.56 Å². The number of benzene rings is 2. The molecule has 7 nitrogen and oxygen atoms in total. The summed E-state index contributed by atoms with van der Waals surface area (Å²) in [6.45, 7) is 1.75. The lowest BCUT2D eigenvalue weighted by Gasteiger charge is -2.18. The molecule has 0 spiro atoms. The predicted octanol–water partition coefficient (Wildman–Crippen LogP) is 3.48. The van der Waals surface area contributed by atoms with Gasteiger partial charge in [0.15, 0.2) is 0 Å². The molecule has 0 saturated carbocycles. The zero-order chi connectivity index (χ0) is 19.6. The van der Waals surface area contributed by atoms with Crippen molar-refractivity contribution in [1.29, 1.82) is 0 Å². The van der Waals surface area contributed by atoms with E-state index in [9.17, 15) is 9.59 Å². The average Bonchev–Trinajstić information content (AvgIpc) is 2.64. The molecule has 1 unspecified atom stereocenters. The molecule has 0 saturated heterocycles. The Labute approximate surface area is 160 Å². The van der Waals surface area contributed by atoms with E-state index in [1.165, 1.54) is 11.7 Å². The average molecular weight is 387 g/mol.